The molecule has 3 heterocycles. The summed E-state index contributed by atoms with van der Waals surface area (Å²) in [5.41, 5.74) is 8.70. The number of rotatable bonds is 3. The SMILES string of the molecule is CCc1ccccc1-c1cc2c(s1)C(C(N)=O)N1C[C@H]2N(O)C1=O. The Balaban J connectivity index is 1.88. The van der Waals surface area contributed by atoms with Gasteiger partial charge in [-0.05, 0) is 29.2 Å². The van der Waals surface area contributed by atoms with Gasteiger partial charge in [0.1, 0.15) is 12.1 Å². The fraction of sp³-hybridized carbons (Fsp3) is 0.294. The first-order valence-corrected chi connectivity index (χ1v) is 8.64. The molecule has 2 aliphatic heterocycles. The Bertz CT molecular complexity index is 847. The maximum Gasteiger partial charge on any atom is 0.345 e. The number of hydroxylamine groups is 2. The number of amides is 3. The number of nitrogens with two attached hydrogens (primary N) is 1. The van der Waals surface area contributed by atoms with Crippen LogP contribution in [0, 0.1) is 0 Å². The van der Waals surface area contributed by atoms with Crippen LogP contribution in [-0.4, -0.2) is 33.7 Å². The first kappa shape index (κ1) is 15.2. The van der Waals surface area contributed by atoms with Crippen LogP contribution in [0.15, 0.2) is 30.3 Å². The van der Waals surface area contributed by atoms with Crippen molar-refractivity contribution in [2.24, 2.45) is 5.73 Å². The fourth-order valence-corrected chi connectivity index (χ4v) is 4.97. The standard InChI is InChI=1S/C17H17N3O3S/c1-2-9-5-3-4-6-10(9)13-7-11-12-8-19(17(22)20(12)23)14(16(18)21)15(11)24-13/h3-7,12,14,23H,2,8H2,1H3,(H2,18,21)/t12-,14?/m1/s1. The highest BCUT2D eigenvalue weighted by molar-refractivity contribution is 7.16. The van der Waals surface area contributed by atoms with Crippen molar-refractivity contribution in [1.29, 1.82) is 0 Å². The molecule has 2 aromatic rings. The molecule has 124 valence electrons. The summed E-state index contributed by atoms with van der Waals surface area (Å²) in [6, 6.07) is 8.28. The smallest absolute Gasteiger partial charge is 0.345 e. The molecule has 2 aliphatic rings. The lowest BCUT2D eigenvalue weighted by Crippen LogP contribution is -2.40. The lowest BCUT2D eigenvalue weighted by molar-refractivity contribution is -0.122. The van der Waals surface area contributed by atoms with Crippen molar-refractivity contribution < 1.29 is 14.8 Å². The summed E-state index contributed by atoms with van der Waals surface area (Å²) in [5, 5.41) is 10.8. The second-order valence-corrected chi connectivity index (χ2v) is 7.12. The molecule has 1 saturated heterocycles. The highest BCUT2D eigenvalue weighted by atomic mass is 32.1. The van der Waals surface area contributed by atoms with Crippen LogP contribution in [0.1, 0.15) is 35.0 Å². The van der Waals surface area contributed by atoms with Gasteiger partial charge in [-0.1, -0.05) is 31.2 Å². The van der Waals surface area contributed by atoms with Crippen LogP contribution in [0.2, 0.25) is 0 Å². The van der Waals surface area contributed by atoms with Crippen LogP contribution < -0.4 is 5.73 Å². The topological polar surface area (TPSA) is 86.9 Å². The van der Waals surface area contributed by atoms with Crippen molar-refractivity contribution in [3.8, 4) is 10.4 Å². The van der Waals surface area contributed by atoms with Crippen molar-refractivity contribution in [2.45, 2.75) is 25.4 Å². The molecule has 2 bridgehead atoms. The monoisotopic (exact) mass is 343 g/mol. The zero-order chi connectivity index (χ0) is 17.0. The first-order valence-electron chi connectivity index (χ1n) is 7.82. The number of benzene rings is 1. The average molecular weight is 343 g/mol. The van der Waals surface area contributed by atoms with E-state index in [0.717, 1.165) is 27.3 Å². The molecule has 0 aliphatic carbocycles. The van der Waals surface area contributed by atoms with Crippen LogP contribution in [0.5, 0.6) is 0 Å². The Morgan fingerprint density at radius 2 is 2.17 bits per heavy atom. The van der Waals surface area contributed by atoms with Gasteiger partial charge in [-0.15, -0.1) is 11.3 Å². The maximum absolute atomic E-state index is 12.1. The number of aryl methyl sites for hydroxylation is 1. The average Bonchev–Trinajstić information content (AvgIpc) is 3.12. The maximum atomic E-state index is 12.1. The number of nitrogens with zero attached hydrogens (tertiary/aromatic N) is 2. The summed E-state index contributed by atoms with van der Waals surface area (Å²) in [6.07, 6.45) is 0.901. The van der Waals surface area contributed by atoms with Gasteiger partial charge in [0.2, 0.25) is 5.91 Å². The highest BCUT2D eigenvalue weighted by Crippen LogP contribution is 2.48. The molecule has 0 radical (unpaired) electrons. The lowest BCUT2D eigenvalue weighted by Gasteiger charge is -2.27. The molecular formula is C17H17N3O3S. The summed E-state index contributed by atoms with van der Waals surface area (Å²) in [6.45, 7) is 2.38. The minimum atomic E-state index is -0.812. The minimum absolute atomic E-state index is 0.279. The van der Waals surface area contributed by atoms with Gasteiger partial charge in [-0.25, -0.2) is 4.79 Å². The van der Waals surface area contributed by atoms with Gasteiger partial charge in [-0.2, -0.15) is 5.06 Å². The van der Waals surface area contributed by atoms with Crippen LogP contribution in [0.3, 0.4) is 0 Å². The largest absolute Gasteiger partial charge is 0.368 e. The van der Waals surface area contributed by atoms with Crippen molar-refractivity contribution in [3.05, 3.63) is 46.3 Å². The van der Waals surface area contributed by atoms with E-state index in [0.29, 0.717) is 5.06 Å². The van der Waals surface area contributed by atoms with E-state index in [2.05, 4.69) is 19.1 Å². The predicted molar refractivity (Wildman–Crippen MR) is 89.5 cm³/mol. The Hall–Kier alpha value is -2.38. The van der Waals surface area contributed by atoms with Crippen molar-refractivity contribution in [1.82, 2.24) is 9.96 Å². The summed E-state index contributed by atoms with van der Waals surface area (Å²) in [4.78, 5) is 27.2. The molecule has 0 saturated carbocycles. The third-order valence-electron chi connectivity index (χ3n) is 4.75. The van der Waals surface area contributed by atoms with Gasteiger partial charge in [-0.3, -0.25) is 10.0 Å². The number of fused-ring (bicyclic) bond motifs is 4. The molecule has 24 heavy (non-hydrogen) atoms. The van der Waals surface area contributed by atoms with Crippen molar-refractivity contribution in [3.63, 3.8) is 0 Å². The van der Waals surface area contributed by atoms with Crippen molar-refractivity contribution >= 4 is 23.3 Å². The van der Waals surface area contributed by atoms with Crippen LogP contribution in [0.4, 0.5) is 4.79 Å². The van der Waals surface area contributed by atoms with E-state index >= 15 is 0 Å². The Kier molecular flexibility index (Phi) is 3.36. The summed E-state index contributed by atoms with van der Waals surface area (Å²) >= 11 is 1.47. The lowest BCUT2D eigenvalue weighted by atomic mass is 9.97. The van der Waals surface area contributed by atoms with E-state index in [9.17, 15) is 14.8 Å². The predicted octanol–water partition coefficient (Wildman–Crippen LogP) is 2.69. The van der Waals surface area contributed by atoms with Crippen LogP contribution in [-0.2, 0) is 11.2 Å². The molecule has 1 unspecified atom stereocenters. The molecule has 2 atom stereocenters. The Morgan fingerprint density at radius 1 is 1.42 bits per heavy atom. The van der Waals surface area contributed by atoms with E-state index < -0.39 is 24.0 Å². The van der Waals surface area contributed by atoms with Gasteiger partial charge in [0.15, 0.2) is 0 Å². The fourth-order valence-electron chi connectivity index (χ4n) is 3.57. The molecule has 0 spiro atoms. The number of carbonyl (C=O) groups is 2. The van der Waals surface area contributed by atoms with E-state index in [1.165, 1.54) is 21.8 Å². The van der Waals surface area contributed by atoms with Gasteiger partial charge < -0.3 is 10.6 Å². The number of primary amides is 1. The first-order chi connectivity index (χ1) is 11.5. The number of hydrogen-bond acceptors (Lipinski definition) is 4. The highest BCUT2D eigenvalue weighted by Gasteiger charge is 2.50. The quantitative estimate of drug-likeness (QED) is 0.840. The molecule has 1 aromatic heterocycles. The van der Waals surface area contributed by atoms with E-state index in [4.69, 9.17) is 5.73 Å². The molecule has 3 N–H and O–H groups in total. The van der Waals surface area contributed by atoms with Gasteiger partial charge >= 0.3 is 6.03 Å². The van der Waals surface area contributed by atoms with Crippen LogP contribution >= 0.6 is 11.3 Å². The van der Waals surface area contributed by atoms with E-state index in [1.807, 2.05) is 18.2 Å². The zero-order valence-electron chi connectivity index (χ0n) is 13.1. The summed E-state index contributed by atoms with van der Waals surface area (Å²) in [5.74, 6) is -0.574. The molecule has 4 rings (SSSR count). The Morgan fingerprint density at radius 3 is 2.88 bits per heavy atom. The molecule has 1 fully saturated rings. The molecule has 7 heteroatoms. The minimum Gasteiger partial charge on any atom is -0.368 e. The zero-order valence-corrected chi connectivity index (χ0v) is 13.9. The normalized spacial score (nSPS) is 22.0. The van der Waals surface area contributed by atoms with Gasteiger partial charge in [0.25, 0.3) is 0 Å². The third-order valence-corrected chi connectivity index (χ3v) is 5.99. The number of thiophene rings is 1. The molecular weight excluding hydrogens is 326 g/mol. The molecule has 1 aromatic carbocycles. The third kappa shape index (κ3) is 1.98. The number of carbonyl (C=O) groups excluding carboxylic acids is 2. The number of hydrogen-bond donors (Lipinski definition) is 2. The van der Waals surface area contributed by atoms with E-state index in [1.54, 1.807) is 0 Å². The van der Waals surface area contributed by atoms with Crippen LogP contribution in [0.25, 0.3) is 10.4 Å². The second-order valence-electron chi connectivity index (χ2n) is 6.04. The van der Waals surface area contributed by atoms with Gasteiger partial charge in [0, 0.05) is 9.75 Å². The number of urea groups is 1. The molecule has 3 amide bonds. The second kappa shape index (κ2) is 5.32. The van der Waals surface area contributed by atoms with Gasteiger partial charge in [0.05, 0.1) is 6.54 Å². The Labute approximate surface area is 143 Å². The summed E-state index contributed by atoms with van der Waals surface area (Å²) < 4.78 is 0. The molecule has 6 nitrogen and oxygen atoms in total. The van der Waals surface area contributed by atoms with Crippen molar-refractivity contribution in [2.75, 3.05) is 6.54 Å². The summed E-state index contributed by atoms with van der Waals surface area (Å²) in [7, 11) is 0. The van der Waals surface area contributed by atoms with E-state index in [-0.39, 0.29) is 6.54 Å².